The van der Waals surface area contributed by atoms with Gasteiger partial charge in [-0.1, -0.05) is 30.3 Å². The normalized spacial score (nSPS) is 11.4. The molecule has 0 atom stereocenters. The van der Waals surface area contributed by atoms with Crippen LogP contribution in [0.25, 0.3) is 11.1 Å². The maximum atomic E-state index is 11.5. The van der Waals surface area contributed by atoms with Gasteiger partial charge < -0.3 is 5.32 Å². The number of carbonyl (C=O) groups excluding carboxylic acids is 2. The highest BCUT2D eigenvalue weighted by molar-refractivity contribution is 6.39. The molecular formula is C15H13N3O2. The van der Waals surface area contributed by atoms with Crippen molar-refractivity contribution in [3.05, 3.63) is 53.6 Å². The van der Waals surface area contributed by atoms with E-state index in [2.05, 4.69) is 17.4 Å². The van der Waals surface area contributed by atoms with Crippen LogP contribution in [-0.4, -0.2) is 11.8 Å². The molecule has 0 heterocycles. The highest BCUT2D eigenvalue weighted by atomic mass is 16.2. The lowest BCUT2D eigenvalue weighted by Crippen LogP contribution is -2.39. The topological polar surface area (TPSA) is 84.2 Å². The van der Waals surface area contributed by atoms with Gasteiger partial charge >= 0.3 is 11.8 Å². The average molecular weight is 267 g/mol. The Bertz CT molecular complexity index is 710. The van der Waals surface area contributed by atoms with Gasteiger partial charge in [-0.25, -0.2) is 5.84 Å². The Morgan fingerprint density at radius 3 is 2.50 bits per heavy atom. The summed E-state index contributed by atoms with van der Waals surface area (Å²) >= 11 is 0. The Hall–Kier alpha value is -2.66. The first kappa shape index (κ1) is 12.4. The number of nitrogens with one attached hydrogen (secondary N) is 2. The van der Waals surface area contributed by atoms with E-state index in [1.165, 1.54) is 16.7 Å². The van der Waals surface area contributed by atoms with E-state index in [-0.39, 0.29) is 0 Å². The van der Waals surface area contributed by atoms with Crippen LogP contribution in [0.5, 0.6) is 0 Å². The second-order valence-electron chi connectivity index (χ2n) is 4.63. The Labute approximate surface area is 115 Å². The molecule has 0 unspecified atom stereocenters. The summed E-state index contributed by atoms with van der Waals surface area (Å²) in [5.41, 5.74) is 7.18. The van der Waals surface area contributed by atoms with Gasteiger partial charge in [0.15, 0.2) is 0 Å². The summed E-state index contributed by atoms with van der Waals surface area (Å²) in [7, 11) is 0. The molecule has 0 fully saturated rings. The second-order valence-corrected chi connectivity index (χ2v) is 4.63. The zero-order chi connectivity index (χ0) is 14.1. The van der Waals surface area contributed by atoms with Crippen LogP contribution in [0.3, 0.4) is 0 Å². The van der Waals surface area contributed by atoms with Crippen LogP contribution in [0, 0.1) is 0 Å². The molecule has 1 aliphatic carbocycles. The number of hydrogen-bond donors (Lipinski definition) is 3. The molecule has 4 N–H and O–H groups in total. The Morgan fingerprint density at radius 2 is 1.70 bits per heavy atom. The Kier molecular flexibility index (Phi) is 2.96. The maximum Gasteiger partial charge on any atom is 0.323 e. The van der Waals surface area contributed by atoms with E-state index in [1.54, 1.807) is 11.5 Å². The van der Waals surface area contributed by atoms with Crippen molar-refractivity contribution >= 4 is 17.5 Å². The number of carbonyl (C=O) groups is 2. The molecule has 0 aromatic heterocycles. The monoisotopic (exact) mass is 267 g/mol. The summed E-state index contributed by atoms with van der Waals surface area (Å²) in [6.07, 6.45) is 0.832. The third-order valence-electron chi connectivity index (χ3n) is 3.39. The molecule has 0 radical (unpaired) electrons. The summed E-state index contributed by atoms with van der Waals surface area (Å²) in [4.78, 5) is 22.5. The number of benzene rings is 2. The molecule has 5 nitrogen and oxygen atoms in total. The smallest absolute Gasteiger partial charge is 0.318 e. The summed E-state index contributed by atoms with van der Waals surface area (Å²) in [5, 5.41) is 2.52. The molecule has 0 saturated heterocycles. The summed E-state index contributed by atoms with van der Waals surface area (Å²) in [6, 6.07) is 13.8. The first-order valence-corrected chi connectivity index (χ1v) is 6.22. The van der Waals surface area contributed by atoms with Gasteiger partial charge in [-0.05, 0) is 40.8 Å². The van der Waals surface area contributed by atoms with E-state index in [1.807, 2.05) is 24.3 Å². The lowest BCUT2D eigenvalue weighted by Gasteiger charge is -2.06. The van der Waals surface area contributed by atoms with E-state index in [4.69, 9.17) is 5.84 Å². The van der Waals surface area contributed by atoms with Crippen molar-refractivity contribution in [3.63, 3.8) is 0 Å². The van der Waals surface area contributed by atoms with Crippen molar-refractivity contribution in [2.75, 3.05) is 5.32 Å². The molecule has 0 bridgehead atoms. The minimum atomic E-state index is -0.867. The largest absolute Gasteiger partial charge is 0.323 e. The Morgan fingerprint density at radius 1 is 0.950 bits per heavy atom. The average Bonchev–Trinajstić information content (AvgIpc) is 2.83. The molecule has 2 amide bonds. The molecule has 3 rings (SSSR count). The van der Waals surface area contributed by atoms with Gasteiger partial charge in [0.1, 0.15) is 0 Å². The van der Waals surface area contributed by atoms with E-state index in [9.17, 15) is 9.59 Å². The third kappa shape index (κ3) is 2.04. The van der Waals surface area contributed by atoms with Crippen molar-refractivity contribution in [2.24, 2.45) is 5.84 Å². The maximum absolute atomic E-state index is 11.5. The standard InChI is InChI=1S/C15H13N3O2/c16-18-15(20)14(19)17-11-5-6-13-10(8-11)7-9-3-1-2-4-12(9)13/h1-6,8H,7,16H2,(H,17,19)(H,18,20). The van der Waals surface area contributed by atoms with Crippen LogP contribution in [0.15, 0.2) is 42.5 Å². The third-order valence-corrected chi connectivity index (χ3v) is 3.39. The molecule has 100 valence electrons. The van der Waals surface area contributed by atoms with Gasteiger partial charge in [0, 0.05) is 5.69 Å². The van der Waals surface area contributed by atoms with Crippen LogP contribution in [0.1, 0.15) is 11.1 Å². The zero-order valence-electron chi connectivity index (χ0n) is 10.6. The highest BCUT2D eigenvalue weighted by Crippen LogP contribution is 2.37. The lowest BCUT2D eigenvalue weighted by molar-refractivity contribution is -0.136. The van der Waals surface area contributed by atoms with Crippen LogP contribution >= 0.6 is 0 Å². The fraction of sp³-hybridized carbons (Fsp3) is 0.0667. The quantitative estimate of drug-likeness (QED) is 0.268. The van der Waals surface area contributed by atoms with Crippen molar-refractivity contribution in [1.82, 2.24) is 5.43 Å². The number of nitrogens with two attached hydrogens (primary N) is 1. The number of hydrazine groups is 1. The number of anilines is 1. The molecule has 2 aromatic carbocycles. The molecule has 20 heavy (non-hydrogen) atoms. The van der Waals surface area contributed by atoms with Crippen molar-refractivity contribution in [3.8, 4) is 11.1 Å². The first-order chi connectivity index (χ1) is 9.69. The van der Waals surface area contributed by atoms with E-state index in [0.29, 0.717) is 5.69 Å². The molecule has 2 aromatic rings. The van der Waals surface area contributed by atoms with Gasteiger partial charge in [0.05, 0.1) is 0 Å². The molecule has 0 aliphatic heterocycles. The van der Waals surface area contributed by atoms with Crippen LogP contribution in [0.4, 0.5) is 5.69 Å². The number of rotatable bonds is 1. The minimum Gasteiger partial charge on any atom is -0.318 e. The fourth-order valence-corrected chi connectivity index (χ4v) is 2.48. The molecule has 0 saturated carbocycles. The molecular weight excluding hydrogens is 254 g/mol. The number of hydrogen-bond acceptors (Lipinski definition) is 3. The second kappa shape index (κ2) is 4.79. The van der Waals surface area contributed by atoms with E-state index >= 15 is 0 Å². The molecule has 5 heteroatoms. The summed E-state index contributed by atoms with van der Waals surface area (Å²) < 4.78 is 0. The number of amides is 2. The SMILES string of the molecule is NNC(=O)C(=O)Nc1ccc2c(c1)Cc1ccccc1-2. The van der Waals surface area contributed by atoms with Crippen molar-refractivity contribution < 1.29 is 9.59 Å². The van der Waals surface area contributed by atoms with Gasteiger partial charge in [0.25, 0.3) is 0 Å². The fourth-order valence-electron chi connectivity index (χ4n) is 2.48. The van der Waals surface area contributed by atoms with E-state index in [0.717, 1.165) is 12.0 Å². The summed E-state index contributed by atoms with van der Waals surface area (Å²) in [5.74, 6) is 3.27. The van der Waals surface area contributed by atoms with Crippen LogP contribution in [-0.2, 0) is 16.0 Å². The van der Waals surface area contributed by atoms with Gasteiger partial charge in [-0.15, -0.1) is 0 Å². The van der Waals surface area contributed by atoms with Crippen molar-refractivity contribution in [2.45, 2.75) is 6.42 Å². The molecule has 0 spiro atoms. The van der Waals surface area contributed by atoms with Crippen LogP contribution in [0.2, 0.25) is 0 Å². The lowest BCUT2D eigenvalue weighted by atomic mass is 10.1. The predicted octanol–water partition coefficient (Wildman–Crippen LogP) is 1.19. The molecule has 1 aliphatic rings. The summed E-state index contributed by atoms with van der Waals surface area (Å²) in [6.45, 7) is 0. The van der Waals surface area contributed by atoms with Gasteiger partial charge in [0.2, 0.25) is 0 Å². The van der Waals surface area contributed by atoms with Gasteiger partial charge in [-0.2, -0.15) is 0 Å². The van der Waals surface area contributed by atoms with Crippen LogP contribution < -0.4 is 16.6 Å². The highest BCUT2D eigenvalue weighted by Gasteiger charge is 2.19. The minimum absolute atomic E-state index is 0.588. The number of fused-ring (bicyclic) bond motifs is 3. The Balaban J connectivity index is 1.88. The van der Waals surface area contributed by atoms with E-state index < -0.39 is 11.8 Å². The first-order valence-electron chi connectivity index (χ1n) is 6.22. The zero-order valence-corrected chi connectivity index (χ0v) is 10.6. The van der Waals surface area contributed by atoms with Gasteiger partial charge in [-0.3, -0.25) is 15.0 Å². The van der Waals surface area contributed by atoms with Crippen molar-refractivity contribution in [1.29, 1.82) is 0 Å². The predicted molar refractivity (Wildman–Crippen MR) is 75.6 cm³/mol.